The van der Waals surface area contributed by atoms with Crippen molar-refractivity contribution in [2.24, 2.45) is 0 Å². The monoisotopic (exact) mass is 339 g/mol. The number of rotatable bonds is 7. The highest BCUT2D eigenvalue weighted by Gasteiger charge is 2.13. The molecule has 5 nitrogen and oxygen atoms in total. The van der Waals surface area contributed by atoms with Crippen molar-refractivity contribution in [3.8, 4) is 5.75 Å². The van der Waals surface area contributed by atoms with Gasteiger partial charge in [0.2, 0.25) is 0 Å². The molecule has 5 heteroatoms. The summed E-state index contributed by atoms with van der Waals surface area (Å²) in [5, 5.41) is 2.76. The number of hydrogen-bond donors (Lipinski definition) is 1. The highest BCUT2D eigenvalue weighted by molar-refractivity contribution is 5.92. The lowest BCUT2D eigenvalue weighted by atomic mass is 10.1. The zero-order chi connectivity index (χ0) is 17.5. The molecule has 2 aromatic rings. The van der Waals surface area contributed by atoms with Crippen molar-refractivity contribution in [1.82, 2.24) is 0 Å². The van der Waals surface area contributed by atoms with E-state index >= 15 is 0 Å². The lowest BCUT2D eigenvalue weighted by Crippen LogP contribution is -2.21. The predicted octanol–water partition coefficient (Wildman–Crippen LogP) is 3.13. The van der Waals surface area contributed by atoms with Gasteiger partial charge in [0, 0.05) is 5.69 Å². The summed E-state index contributed by atoms with van der Waals surface area (Å²) in [6.45, 7) is -0.0729. The van der Waals surface area contributed by atoms with E-state index in [-0.39, 0.29) is 25.5 Å². The first kappa shape index (κ1) is 17.0. The molecule has 0 saturated carbocycles. The van der Waals surface area contributed by atoms with Crippen LogP contribution in [0.1, 0.15) is 24.0 Å². The maximum Gasteiger partial charge on any atom is 0.309 e. The van der Waals surface area contributed by atoms with E-state index in [2.05, 4.69) is 5.32 Å². The Morgan fingerprint density at radius 3 is 2.64 bits per heavy atom. The molecular weight excluding hydrogens is 318 g/mol. The van der Waals surface area contributed by atoms with Gasteiger partial charge in [0.05, 0.1) is 13.0 Å². The van der Waals surface area contributed by atoms with Gasteiger partial charge in [0.25, 0.3) is 5.91 Å². The summed E-state index contributed by atoms with van der Waals surface area (Å²) in [6.07, 6.45) is 3.41. The van der Waals surface area contributed by atoms with Crippen LogP contribution in [0.3, 0.4) is 0 Å². The van der Waals surface area contributed by atoms with E-state index in [1.54, 1.807) is 0 Å². The van der Waals surface area contributed by atoms with E-state index in [0.29, 0.717) is 5.75 Å². The Morgan fingerprint density at radius 1 is 1.00 bits per heavy atom. The molecule has 25 heavy (non-hydrogen) atoms. The molecular formula is C20H21NO4. The molecule has 1 aliphatic rings. The fourth-order valence-electron chi connectivity index (χ4n) is 2.83. The number of aryl methyl sites for hydroxylation is 2. The fourth-order valence-corrected chi connectivity index (χ4v) is 2.83. The maximum atomic E-state index is 11.9. The minimum atomic E-state index is -0.458. The summed E-state index contributed by atoms with van der Waals surface area (Å²) in [6, 6.07) is 15.2. The first-order valence-electron chi connectivity index (χ1n) is 8.46. The molecule has 0 spiro atoms. The Labute approximate surface area is 147 Å². The van der Waals surface area contributed by atoms with Gasteiger partial charge in [-0.05, 0) is 54.7 Å². The Kier molecular flexibility index (Phi) is 5.67. The van der Waals surface area contributed by atoms with E-state index in [4.69, 9.17) is 9.47 Å². The van der Waals surface area contributed by atoms with Crippen LogP contribution < -0.4 is 10.1 Å². The number of amides is 1. The first-order chi connectivity index (χ1) is 12.2. The number of hydrogen-bond acceptors (Lipinski definition) is 4. The number of para-hydroxylation sites is 1. The van der Waals surface area contributed by atoms with Crippen LogP contribution in [0.15, 0.2) is 48.5 Å². The lowest BCUT2D eigenvalue weighted by Gasteiger charge is -2.09. The van der Waals surface area contributed by atoms with E-state index in [1.807, 2.05) is 48.5 Å². The summed E-state index contributed by atoms with van der Waals surface area (Å²) in [7, 11) is 0. The standard InChI is InChI=1S/C20H21NO4/c22-19(21-17-10-9-15-5-4-6-16(15)13-17)14-25-20(23)11-12-24-18-7-2-1-3-8-18/h1-3,7-10,13H,4-6,11-12,14H2,(H,21,22). The van der Waals surface area contributed by atoms with Crippen LogP contribution in [-0.2, 0) is 27.2 Å². The van der Waals surface area contributed by atoms with Crippen LogP contribution >= 0.6 is 0 Å². The third-order valence-electron chi connectivity index (χ3n) is 4.06. The van der Waals surface area contributed by atoms with Gasteiger partial charge >= 0.3 is 5.97 Å². The van der Waals surface area contributed by atoms with E-state index in [0.717, 1.165) is 24.9 Å². The van der Waals surface area contributed by atoms with Crippen molar-refractivity contribution in [3.05, 3.63) is 59.7 Å². The molecule has 3 rings (SSSR count). The van der Waals surface area contributed by atoms with Crippen molar-refractivity contribution < 1.29 is 19.1 Å². The van der Waals surface area contributed by atoms with E-state index in [1.165, 1.54) is 11.1 Å². The number of benzene rings is 2. The van der Waals surface area contributed by atoms with Crippen LogP contribution in [0.5, 0.6) is 5.75 Å². The zero-order valence-corrected chi connectivity index (χ0v) is 14.0. The van der Waals surface area contributed by atoms with Crippen LogP contribution in [-0.4, -0.2) is 25.1 Å². The molecule has 0 bridgehead atoms. The average Bonchev–Trinajstić information content (AvgIpc) is 3.09. The molecule has 0 saturated heterocycles. The Morgan fingerprint density at radius 2 is 1.80 bits per heavy atom. The second-order valence-electron chi connectivity index (χ2n) is 5.96. The number of fused-ring (bicyclic) bond motifs is 1. The highest BCUT2D eigenvalue weighted by atomic mass is 16.5. The number of anilines is 1. The van der Waals surface area contributed by atoms with Crippen molar-refractivity contribution in [1.29, 1.82) is 0 Å². The van der Waals surface area contributed by atoms with Crippen molar-refractivity contribution in [2.75, 3.05) is 18.5 Å². The smallest absolute Gasteiger partial charge is 0.309 e. The van der Waals surface area contributed by atoms with Crippen LogP contribution in [0, 0.1) is 0 Å². The predicted molar refractivity (Wildman–Crippen MR) is 94.6 cm³/mol. The van der Waals surface area contributed by atoms with Crippen molar-refractivity contribution in [3.63, 3.8) is 0 Å². The lowest BCUT2D eigenvalue weighted by molar-refractivity contribution is -0.147. The molecule has 1 amide bonds. The quantitative estimate of drug-likeness (QED) is 0.787. The van der Waals surface area contributed by atoms with Crippen LogP contribution in [0.2, 0.25) is 0 Å². The van der Waals surface area contributed by atoms with Crippen molar-refractivity contribution in [2.45, 2.75) is 25.7 Å². The summed E-state index contributed by atoms with van der Waals surface area (Å²) in [5.41, 5.74) is 3.38. The fraction of sp³-hybridized carbons (Fsp3) is 0.300. The highest BCUT2D eigenvalue weighted by Crippen LogP contribution is 2.24. The average molecular weight is 339 g/mol. The number of carbonyl (C=O) groups excluding carboxylic acids is 2. The number of esters is 1. The number of carbonyl (C=O) groups is 2. The van der Waals surface area contributed by atoms with E-state index in [9.17, 15) is 9.59 Å². The van der Waals surface area contributed by atoms with Gasteiger partial charge < -0.3 is 14.8 Å². The van der Waals surface area contributed by atoms with E-state index < -0.39 is 5.97 Å². The molecule has 2 aromatic carbocycles. The molecule has 1 aliphatic carbocycles. The summed E-state index contributed by atoms with van der Waals surface area (Å²) in [4.78, 5) is 23.6. The maximum absolute atomic E-state index is 11.9. The second kappa shape index (κ2) is 8.33. The van der Waals surface area contributed by atoms with Crippen molar-refractivity contribution >= 4 is 17.6 Å². The topological polar surface area (TPSA) is 64.6 Å². The molecule has 0 aromatic heterocycles. The van der Waals surface area contributed by atoms with Gasteiger partial charge in [-0.2, -0.15) is 0 Å². The normalized spacial score (nSPS) is 12.3. The molecule has 0 fully saturated rings. The summed E-state index contributed by atoms with van der Waals surface area (Å²) < 4.78 is 10.4. The molecule has 0 aliphatic heterocycles. The van der Waals surface area contributed by atoms with Gasteiger partial charge in [-0.3, -0.25) is 9.59 Å². The Balaban J connectivity index is 1.36. The summed E-state index contributed by atoms with van der Waals surface area (Å²) >= 11 is 0. The largest absolute Gasteiger partial charge is 0.493 e. The van der Waals surface area contributed by atoms with Gasteiger partial charge in [-0.25, -0.2) is 0 Å². The third-order valence-corrected chi connectivity index (χ3v) is 4.06. The molecule has 0 atom stereocenters. The van der Waals surface area contributed by atoms with Crippen LogP contribution in [0.25, 0.3) is 0 Å². The van der Waals surface area contributed by atoms with Gasteiger partial charge in [-0.1, -0.05) is 24.3 Å². The second-order valence-corrected chi connectivity index (χ2v) is 5.96. The zero-order valence-electron chi connectivity index (χ0n) is 14.0. The van der Waals surface area contributed by atoms with Crippen LogP contribution in [0.4, 0.5) is 5.69 Å². The number of ether oxygens (including phenoxy) is 2. The minimum Gasteiger partial charge on any atom is -0.493 e. The molecule has 130 valence electrons. The Bertz CT molecular complexity index is 743. The molecule has 0 unspecified atom stereocenters. The summed E-state index contributed by atoms with van der Waals surface area (Å²) in [5.74, 6) is -0.0973. The van der Waals surface area contributed by atoms with Gasteiger partial charge in [0.1, 0.15) is 5.75 Å². The SMILES string of the molecule is O=C(COC(=O)CCOc1ccccc1)Nc1ccc2c(c1)CCC2. The minimum absolute atomic E-state index is 0.0982. The number of nitrogens with one attached hydrogen (secondary N) is 1. The molecule has 0 heterocycles. The first-order valence-corrected chi connectivity index (χ1v) is 8.46. The van der Waals surface area contributed by atoms with Gasteiger partial charge in [-0.15, -0.1) is 0 Å². The van der Waals surface area contributed by atoms with Gasteiger partial charge in [0.15, 0.2) is 6.61 Å². The molecule has 1 N–H and O–H groups in total. The third kappa shape index (κ3) is 5.08. The molecule has 0 radical (unpaired) electrons. The Hall–Kier alpha value is -2.82.